The highest BCUT2D eigenvalue weighted by Crippen LogP contribution is 2.08. The van der Waals surface area contributed by atoms with Crippen LogP contribution >= 0.6 is 0 Å². The van der Waals surface area contributed by atoms with Crippen LogP contribution in [0.2, 0.25) is 0 Å². The molecule has 94 valence electrons. The second-order valence-corrected chi connectivity index (χ2v) is 3.96. The van der Waals surface area contributed by atoms with Gasteiger partial charge in [-0.15, -0.1) is 0 Å². The van der Waals surface area contributed by atoms with Gasteiger partial charge in [0.2, 0.25) is 5.91 Å². The fraction of sp³-hybridized carbons (Fsp3) is 0.250. The topological polar surface area (TPSA) is 86.7 Å². The maximum absolute atomic E-state index is 12.0. The van der Waals surface area contributed by atoms with E-state index in [1.165, 1.54) is 29.2 Å². The first kappa shape index (κ1) is 12.1. The highest BCUT2D eigenvalue weighted by Gasteiger charge is 2.22. The molecule has 2 N–H and O–H groups in total. The van der Waals surface area contributed by atoms with E-state index >= 15 is 0 Å². The zero-order chi connectivity index (χ0) is 13.1. The van der Waals surface area contributed by atoms with E-state index in [2.05, 4.69) is 5.32 Å². The van der Waals surface area contributed by atoms with E-state index in [-0.39, 0.29) is 23.9 Å². The van der Waals surface area contributed by atoms with E-state index < -0.39 is 5.97 Å². The van der Waals surface area contributed by atoms with Gasteiger partial charge in [-0.25, -0.2) is 4.79 Å². The number of amides is 2. The largest absolute Gasteiger partial charge is 0.478 e. The molecule has 2 rings (SSSR count). The van der Waals surface area contributed by atoms with Gasteiger partial charge in [-0.1, -0.05) is 0 Å². The molecule has 1 aromatic rings. The molecule has 1 heterocycles. The minimum absolute atomic E-state index is 0.0412. The molecule has 18 heavy (non-hydrogen) atoms. The lowest BCUT2D eigenvalue weighted by Crippen LogP contribution is -2.49. The number of carboxylic acids is 1. The summed E-state index contributed by atoms with van der Waals surface area (Å²) in [5.41, 5.74) is 0.512. The summed E-state index contributed by atoms with van der Waals surface area (Å²) in [4.78, 5) is 35.3. The fourth-order valence-electron chi connectivity index (χ4n) is 1.75. The summed E-state index contributed by atoms with van der Waals surface area (Å²) in [6, 6.07) is 5.66. The number of aromatic carboxylic acids is 1. The molecule has 0 spiro atoms. The lowest BCUT2D eigenvalue weighted by molar-refractivity contribution is -0.123. The molecule has 6 heteroatoms. The van der Waals surface area contributed by atoms with Crippen LogP contribution in [-0.2, 0) is 4.79 Å². The Morgan fingerprint density at radius 2 is 1.78 bits per heavy atom. The molecule has 2 amide bonds. The molecule has 6 nitrogen and oxygen atoms in total. The summed E-state index contributed by atoms with van der Waals surface area (Å²) in [7, 11) is 0. The monoisotopic (exact) mass is 248 g/mol. The number of carbonyl (C=O) groups is 3. The van der Waals surface area contributed by atoms with Gasteiger partial charge >= 0.3 is 5.97 Å². The summed E-state index contributed by atoms with van der Waals surface area (Å²) in [5, 5.41) is 11.4. The number of piperazine rings is 1. The van der Waals surface area contributed by atoms with Crippen molar-refractivity contribution in [1.82, 2.24) is 10.2 Å². The Labute approximate surface area is 103 Å². The number of hydrogen-bond acceptors (Lipinski definition) is 3. The van der Waals surface area contributed by atoms with Gasteiger partial charge in [-0.05, 0) is 24.3 Å². The Bertz CT molecular complexity index is 495. The predicted octanol–water partition coefficient (Wildman–Crippen LogP) is -0.0432. The Morgan fingerprint density at radius 1 is 1.17 bits per heavy atom. The summed E-state index contributed by atoms with van der Waals surface area (Å²) in [5.74, 6) is -1.48. The van der Waals surface area contributed by atoms with Crippen molar-refractivity contribution in [3.8, 4) is 0 Å². The Balaban J connectivity index is 2.13. The fourth-order valence-corrected chi connectivity index (χ4v) is 1.75. The van der Waals surface area contributed by atoms with Crippen LogP contribution in [-0.4, -0.2) is 47.4 Å². The Kier molecular flexibility index (Phi) is 3.27. The first-order valence-corrected chi connectivity index (χ1v) is 5.47. The molecule has 1 aliphatic heterocycles. The van der Waals surface area contributed by atoms with Gasteiger partial charge in [0.25, 0.3) is 5.91 Å². The summed E-state index contributed by atoms with van der Waals surface area (Å²) in [6.45, 7) is 0.947. The highest BCUT2D eigenvalue weighted by molar-refractivity contribution is 5.98. The van der Waals surface area contributed by atoms with Gasteiger partial charge in [0.05, 0.1) is 12.1 Å². The quantitative estimate of drug-likeness (QED) is 0.768. The summed E-state index contributed by atoms with van der Waals surface area (Å²) < 4.78 is 0. The summed E-state index contributed by atoms with van der Waals surface area (Å²) >= 11 is 0. The molecule has 0 bridgehead atoms. The van der Waals surface area contributed by atoms with Crippen molar-refractivity contribution in [1.29, 1.82) is 0 Å². The van der Waals surface area contributed by atoms with Crippen molar-refractivity contribution < 1.29 is 19.5 Å². The molecule has 1 aromatic carbocycles. The van der Waals surface area contributed by atoms with Gasteiger partial charge < -0.3 is 15.3 Å². The normalized spacial score (nSPS) is 15.1. The van der Waals surface area contributed by atoms with Crippen LogP contribution in [0.1, 0.15) is 20.7 Å². The minimum atomic E-state index is -1.04. The van der Waals surface area contributed by atoms with Crippen molar-refractivity contribution in [2.45, 2.75) is 0 Å². The first-order valence-electron chi connectivity index (χ1n) is 5.47. The van der Waals surface area contributed by atoms with E-state index in [1.807, 2.05) is 0 Å². The van der Waals surface area contributed by atoms with Gasteiger partial charge in [0.15, 0.2) is 0 Å². The molecule has 1 aliphatic rings. The number of benzene rings is 1. The molecule has 0 saturated carbocycles. The van der Waals surface area contributed by atoms with Gasteiger partial charge in [0.1, 0.15) is 0 Å². The second-order valence-electron chi connectivity index (χ2n) is 3.96. The van der Waals surface area contributed by atoms with E-state index in [0.29, 0.717) is 18.7 Å². The maximum atomic E-state index is 12.0. The molecule has 0 radical (unpaired) electrons. The Hall–Kier alpha value is -2.37. The molecule has 0 unspecified atom stereocenters. The van der Waals surface area contributed by atoms with E-state index in [4.69, 9.17) is 5.11 Å². The van der Waals surface area contributed by atoms with Crippen LogP contribution in [0, 0.1) is 0 Å². The van der Waals surface area contributed by atoms with Crippen LogP contribution in [0.15, 0.2) is 24.3 Å². The lowest BCUT2D eigenvalue weighted by atomic mass is 10.1. The molecule has 0 aromatic heterocycles. The molecular formula is C12H12N2O4. The molecular weight excluding hydrogens is 236 g/mol. The van der Waals surface area contributed by atoms with E-state index in [9.17, 15) is 14.4 Å². The van der Waals surface area contributed by atoms with Crippen LogP contribution in [0.5, 0.6) is 0 Å². The van der Waals surface area contributed by atoms with Crippen molar-refractivity contribution in [2.24, 2.45) is 0 Å². The zero-order valence-corrected chi connectivity index (χ0v) is 9.55. The number of carbonyl (C=O) groups excluding carboxylic acids is 2. The van der Waals surface area contributed by atoms with Crippen LogP contribution in [0.4, 0.5) is 0 Å². The third-order valence-electron chi connectivity index (χ3n) is 2.70. The standard InChI is InChI=1S/C12H12N2O4/c15-10-7-14(6-5-13-10)11(16)8-1-3-9(4-2-8)12(17)18/h1-4H,5-7H2,(H,13,15)(H,17,18). The molecule has 1 saturated heterocycles. The van der Waals surface area contributed by atoms with Crippen LogP contribution in [0.25, 0.3) is 0 Å². The van der Waals surface area contributed by atoms with Crippen molar-refractivity contribution in [3.05, 3.63) is 35.4 Å². The van der Waals surface area contributed by atoms with Gasteiger partial charge in [-0.3, -0.25) is 9.59 Å². The van der Waals surface area contributed by atoms with E-state index in [1.54, 1.807) is 0 Å². The average Bonchev–Trinajstić information content (AvgIpc) is 2.38. The first-order chi connectivity index (χ1) is 8.58. The average molecular weight is 248 g/mol. The minimum Gasteiger partial charge on any atom is -0.478 e. The molecule has 0 atom stereocenters. The number of rotatable bonds is 2. The SMILES string of the molecule is O=C1CN(C(=O)c2ccc(C(=O)O)cc2)CCN1. The number of nitrogens with zero attached hydrogens (tertiary/aromatic N) is 1. The third kappa shape index (κ3) is 2.48. The summed E-state index contributed by atoms with van der Waals surface area (Å²) in [6.07, 6.45) is 0. The molecule has 0 aliphatic carbocycles. The predicted molar refractivity (Wildman–Crippen MR) is 62.3 cm³/mol. The van der Waals surface area contributed by atoms with Crippen LogP contribution in [0.3, 0.4) is 0 Å². The number of carboxylic acid groups (broad SMARTS) is 1. The van der Waals surface area contributed by atoms with E-state index in [0.717, 1.165) is 0 Å². The number of hydrogen-bond donors (Lipinski definition) is 2. The third-order valence-corrected chi connectivity index (χ3v) is 2.70. The second kappa shape index (κ2) is 4.87. The Morgan fingerprint density at radius 3 is 2.33 bits per heavy atom. The van der Waals surface area contributed by atoms with Crippen molar-refractivity contribution in [2.75, 3.05) is 19.6 Å². The lowest BCUT2D eigenvalue weighted by Gasteiger charge is -2.26. The zero-order valence-electron chi connectivity index (χ0n) is 9.55. The maximum Gasteiger partial charge on any atom is 0.335 e. The van der Waals surface area contributed by atoms with Crippen molar-refractivity contribution >= 4 is 17.8 Å². The molecule has 1 fully saturated rings. The van der Waals surface area contributed by atoms with Crippen molar-refractivity contribution in [3.63, 3.8) is 0 Å². The van der Waals surface area contributed by atoms with Gasteiger partial charge in [-0.2, -0.15) is 0 Å². The highest BCUT2D eigenvalue weighted by atomic mass is 16.4. The van der Waals surface area contributed by atoms with Crippen LogP contribution < -0.4 is 5.32 Å². The number of nitrogens with one attached hydrogen (secondary N) is 1. The smallest absolute Gasteiger partial charge is 0.335 e. The van der Waals surface area contributed by atoms with Gasteiger partial charge in [0, 0.05) is 18.7 Å².